The fraction of sp³-hybridized carbons (Fsp3) is 0.632. The van der Waals surface area contributed by atoms with Gasteiger partial charge in [0.05, 0.1) is 0 Å². The SMILES string of the molecule is COCCCN(C(=O)NCc1cccc(Cl)c1C)C1CCN(C)CC1. The zero-order chi connectivity index (χ0) is 18.2. The monoisotopic (exact) mass is 367 g/mol. The largest absolute Gasteiger partial charge is 0.385 e. The fourth-order valence-electron chi connectivity index (χ4n) is 3.25. The second kappa shape index (κ2) is 10.00. The third-order valence-corrected chi connectivity index (χ3v) is 5.36. The minimum atomic E-state index is 0.00466. The third-order valence-electron chi connectivity index (χ3n) is 4.95. The number of carbonyl (C=O) groups is 1. The van der Waals surface area contributed by atoms with E-state index in [1.807, 2.05) is 30.0 Å². The van der Waals surface area contributed by atoms with E-state index in [4.69, 9.17) is 16.3 Å². The molecule has 1 saturated heterocycles. The number of ether oxygens (including phenoxy) is 1. The van der Waals surface area contributed by atoms with Crippen LogP contribution in [0.1, 0.15) is 30.4 Å². The summed E-state index contributed by atoms with van der Waals surface area (Å²) in [5.74, 6) is 0. The molecule has 0 radical (unpaired) electrons. The lowest BCUT2D eigenvalue weighted by molar-refractivity contribution is 0.118. The number of urea groups is 1. The second-order valence-electron chi connectivity index (χ2n) is 6.76. The van der Waals surface area contributed by atoms with Crippen molar-refractivity contribution in [2.24, 2.45) is 0 Å². The van der Waals surface area contributed by atoms with Gasteiger partial charge in [-0.25, -0.2) is 4.79 Å². The number of hydrogen-bond donors (Lipinski definition) is 1. The number of piperidine rings is 1. The predicted octanol–water partition coefficient (Wildman–Crippen LogP) is 3.29. The van der Waals surface area contributed by atoms with Gasteiger partial charge in [-0.3, -0.25) is 0 Å². The summed E-state index contributed by atoms with van der Waals surface area (Å²) in [4.78, 5) is 17.1. The molecular formula is C19H30ClN3O2. The van der Waals surface area contributed by atoms with Gasteiger partial charge < -0.3 is 19.9 Å². The van der Waals surface area contributed by atoms with Crippen LogP contribution in [0.25, 0.3) is 0 Å². The van der Waals surface area contributed by atoms with Crippen molar-refractivity contribution in [3.63, 3.8) is 0 Å². The van der Waals surface area contributed by atoms with Crippen molar-refractivity contribution < 1.29 is 9.53 Å². The zero-order valence-electron chi connectivity index (χ0n) is 15.6. The number of amides is 2. The van der Waals surface area contributed by atoms with E-state index in [1.165, 1.54) is 0 Å². The highest BCUT2D eigenvalue weighted by Gasteiger charge is 2.26. The molecule has 0 saturated carbocycles. The van der Waals surface area contributed by atoms with E-state index in [-0.39, 0.29) is 6.03 Å². The van der Waals surface area contributed by atoms with Gasteiger partial charge in [-0.2, -0.15) is 0 Å². The molecule has 0 unspecified atom stereocenters. The van der Waals surface area contributed by atoms with E-state index >= 15 is 0 Å². The first-order valence-electron chi connectivity index (χ1n) is 8.99. The molecule has 0 atom stereocenters. The smallest absolute Gasteiger partial charge is 0.317 e. The molecule has 1 aliphatic heterocycles. The molecule has 1 aromatic rings. The van der Waals surface area contributed by atoms with Gasteiger partial charge >= 0.3 is 6.03 Å². The average molecular weight is 368 g/mol. The first kappa shape index (κ1) is 20.0. The number of halogens is 1. The van der Waals surface area contributed by atoms with Crippen LogP contribution in [-0.2, 0) is 11.3 Å². The Morgan fingerprint density at radius 1 is 1.40 bits per heavy atom. The Morgan fingerprint density at radius 2 is 2.12 bits per heavy atom. The van der Waals surface area contributed by atoms with Crippen LogP contribution < -0.4 is 5.32 Å². The van der Waals surface area contributed by atoms with Crippen LogP contribution in [-0.4, -0.2) is 62.3 Å². The highest BCUT2D eigenvalue weighted by Crippen LogP contribution is 2.19. The van der Waals surface area contributed by atoms with Gasteiger partial charge in [0.1, 0.15) is 0 Å². The maximum atomic E-state index is 12.8. The molecule has 1 fully saturated rings. The van der Waals surface area contributed by atoms with E-state index < -0.39 is 0 Å². The van der Waals surface area contributed by atoms with Crippen molar-refractivity contribution in [3.05, 3.63) is 34.3 Å². The fourth-order valence-corrected chi connectivity index (χ4v) is 3.45. The molecule has 0 bridgehead atoms. The second-order valence-corrected chi connectivity index (χ2v) is 7.16. The van der Waals surface area contributed by atoms with E-state index in [9.17, 15) is 4.79 Å². The number of nitrogens with one attached hydrogen (secondary N) is 1. The van der Waals surface area contributed by atoms with Crippen LogP contribution in [0.15, 0.2) is 18.2 Å². The molecule has 6 heteroatoms. The van der Waals surface area contributed by atoms with Crippen LogP contribution in [0.2, 0.25) is 5.02 Å². The standard InChI is InChI=1S/C19H30ClN3O2/c1-15-16(6-4-7-18(15)20)14-21-19(24)23(10-5-13-25-3)17-8-11-22(2)12-9-17/h4,6-7,17H,5,8-14H2,1-3H3,(H,21,24). The molecule has 1 heterocycles. The minimum Gasteiger partial charge on any atom is -0.385 e. The van der Waals surface area contributed by atoms with Crippen molar-refractivity contribution in [1.82, 2.24) is 15.1 Å². The van der Waals surface area contributed by atoms with Gasteiger partial charge in [0.25, 0.3) is 0 Å². The summed E-state index contributed by atoms with van der Waals surface area (Å²) in [6, 6.07) is 6.10. The minimum absolute atomic E-state index is 0.00466. The third kappa shape index (κ3) is 5.87. The lowest BCUT2D eigenvalue weighted by Gasteiger charge is -2.37. The maximum Gasteiger partial charge on any atom is 0.317 e. The zero-order valence-corrected chi connectivity index (χ0v) is 16.3. The van der Waals surface area contributed by atoms with Gasteiger partial charge in [0.2, 0.25) is 0 Å². The Hall–Kier alpha value is -1.30. The van der Waals surface area contributed by atoms with Crippen LogP contribution in [0.3, 0.4) is 0 Å². The Labute approximate surface area is 156 Å². The molecule has 0 spiro atoms. The molecule has 0 aliphatic carbocycles. The number of nitrogens with zero attached hydrogens (tertiary/aromatic N) is 2. The van der Waals surface area contributed by atoms with E-state index in [0.717, 1.165) is 55.0 Å². The molecule has 0 aromatic heterocycles. The quantitative estimate of drug-likeness (QED) is 0.752. The highest BCUT2D eigenvalue weighted by atomic mass is 35.5. The number of likely N-dealkylation sites (tertiary alicyclic amines) is 1. The molecule has 2 rings (SSSR count). The summed E-state index contributed by atoms with van der Waals surface area (Å²) in [6.07, 6.45) is 2.90. The average Bonchev–Trinajstić information content (AvgIpc) is 2.61. The van der Waals surface area contributed by atoms with Gasteiger partial charge in [0.15, 0.2) is 0 Å². The Bertz CT molecular complexity index is 560. The first-order valence-corrected chi connectivity index (χ1v) is 9.36. The molecular weight excluding hydrogens is 338 g/mol. The molecule has 1 aliphatic rings. The summed E-state index contributed by atoms with van der Waals surface area (Å²) in [5, 5.41) is 3.81. The normalized spacial score (nSPS) is 16.0. The maximum absolute atomic E-state index is 12.8. The van der Waals surface area contributed by atoms with E-state index in [0.29, 0.717) is 19.2 Å². The molecule has 25 heavy (non-hydrogen) atoms. The van der Waals surface area contributed by atoms with Crippen molar-refractivity contribution in [3.8, 4) is 0 Å². The van der Waals surface area contributed by atoms with Gasteiger partial charge in [0, 0.05) is 37.9 Å². The molecule has 5 nitrogen and oxygen atoms in total. The van der Waals surface area contributed by atoms with Gasteiger partial charge in [-0.15, -0.1) is 0 Å². The van der Waals surface area contributed by atoms with E-state index in [2.05, 4.69) is 17.3 Å². The van der Waals surface area contributed by atoms with Gasteiger partial charge in [-0.1, -0.05) is 23.7 Å². The van der Waals surface area contributed by atoms with Gasteiger partial charge in [-0.05, 0) is 63.5 Å². The number of benzene rings is 1. The molecule has 140 valence electrons. The van der Waals surface area contributed by atoms with Crippen LogP contribution >= 0.6 is 11.6 Å². The van der Waals surface area contributed by atoms with Crippen molar-refractivity contribution in [1.29, 1.82) is 0 Å². The number of rotatable bonds is 7. The summed E-state index contributed by atoms with van der Waals surface area (Å²) in [6.45, 7) is 5.94. The lowest BCUT2D eigenvalue weighted by Crippen LogP contribution is -2.50. The summed E-state index contributed by atoms with van der Waals surface area (Å²) < 4.78 is 5.15. The van der Waals surface area contributed by atoms with E-state index in [1.54, 1.807) is 7.11 Å². The summed E-state index contributed by atoms with van der Waals surface area (Å²) in [7, 11) is 3.83. The predicted molar refractivity (Wildman–Crippen MR) is 102 cm³/mol. The summed E-state index contributed by atoms with van der Waals surface area (Å²) in [5.41, 5.74) is 2.08. The Kier molecular flexibility index (Phi) is 8.00. The molecule has 1 N–H and O–H groups in total. The van der Waals surface area contributed by atoms with Crippen LogP contribution in [0.5, 0.6) is 0 Å². The highest BCUT2D eigenvalue weighted by molar-refractivity contribution is 6.31. The summed E-state index contributed by atoms with van der Waals surface area (Å²) >= 11 is 6.17. The number of methoxy groups -OCH3 is 1. The molecule has 1 aromatic carbocycles. The lowest BCUT2D eigenvalue weighted by atomic mass is 10.0. The number of hydrogen-bond acceptors (Lipinski definition) is 3. The van der Waals surface area contributed by atoms with Crippen molar-refractivity contribution >= 4 is 17.6 Å². The van der Waals surface area contributed by atoms with Crippen LogP contribution in [0.4, 0.5) is 4.79 Å². The molecule has 2 amide bonds. The van der Waals surface area contributed by atoms with Crippen molar-refractivity contribution in [2.75, 3.05) is 40.4 Å². The Morgan fingerprint density at radius 3 is 2.80 bits per heavy atom. The van der Waals surface area contributed by atoms with Crippen molar-refractivity contribution in [2.45, 2.75) is 38.8 Å². The number of carbonyl (C=O) groups excluding carboxylic acids is 1. The Balaban J connectivity index is 1.97. The first-order chi connectivity index (χ1) is 12.0. The van der Waals surface area contributed by atoms with Crippen LogP contribution in [0, 0.1) is 6.92 Å². The topological polar surface area (TPSA) is 44.8 Å².